The molecule has 0 aliphatic heterocycles. The molecule has 1 unspecified atom stereocenters. The molecule has 1 heterocycles. The second-order valence-electron chi connectivity index (χ2n) is 5.30. The largest absolute Gasteiger partial charge is 0.493 e. The first-order chi connectivity index (χ1) is 10.7. The van der Waals surface area contributed by atoms with Crippen LogP contribution in [0.4, 0.5) is 0 Å². The van der Waals surface area contributed by atoms with Gasteiger partial charge in [0.1, 0.15) is 5.76 Å². The first-order valence-electron chi connectivity index (χ1n) is 7.27. The molecule has 0 saturated carbocycles. The van der Waals surface area contributed by atoms with E-state index in [1.54, 1.807) is 20.5 Å². The number of nitrogens with one attached hydrogen (secondary N) is 1. The fourth-order valence-electron chi connectivity index (χ4n) is 2.40. The van der Waals surface area contributed by atoms with E-state index in [4.69, 9.17) is 13.9 Å². The van der Waals surface area contributed by atoms with E-state index in [1.807, 2.05) is 24.3 Å². The maximum absolute atomic E-state index is 5.39. The Morgan fingerprint density at radius 2 is 1.91 bits per heavy atom. The standard InChI is InChI=1S/C17H24N2O3/c1-19(2)15(12-18-11-14-6-5-9-22-14)13-7-8-16(20-3)17(10-13)21-4/h5-10,15,18H,11-12H2,1-4H3. The zero-order valence-electron chi connectivity index (χ0n) is 13.6. The van der Waals surface area contributed by atoms with Crippen molar-refractivity contribution >= 4 is 0 Å². The lowest BCUT2D eigenvalue weighted by molar-refractivity contribution is 0.283. The maximum Gasteiger partial charge on any atom is 0.161 e. The predicted octanol–water partition coefficient (Wildman–Crippen LogP) is 2.69. The van der Waals surface area contributed by atoms with E-state index in [2.05, 4.69) is 30.4 Å². The molecule has 22 heavy (non-hydrogen) atoms. The third-order valence-electron chi connectivity index (χ3n) is 3.63. The van der Waals surface area contributed by atoms with Crippen LogP contribution in [0.1, 0.15) is 17.4 Å². The molecule has 0 amide bonds. The highest BCUT2D eigenvalue weighted by Crippen LogP contribution is 2.31. The smallest absolute Gasteiger partial charge is 0.161 e. The van der Waals surface area contributed by atoms with Crippen LogP contribution in [0.2, 0.25) is 0 Å². The topological polar surface area (TPSA) is 46.9 Å². The monoisotopic (exact) mass is 304 g/mol. The van der Waals surface area contributed by atoms with Gasteiger partial charge in [-0.3, -0.25) is 0 Å². The zero-order valence-corrected chi connectivity index (χ0v) is 13.6. The normalized spacial score (nSPS) is 12.4. The molecule has 0 radical (unpaired) electrons. The molecule has 2 aromatic rings. The van der Waals surface area contributed by atoms with Crippen LogP contribution in [0.25, 0.3) is 0 Å². The molecule has 5 heteroatoms. The Bertz CT molecular complexity index is 567. The molecule has 0 fully saturated rings. The van der Waals surface area contributed by atoms with Crippen LogP contribution in [0.5, 0.6) is 11.5 Å². The molecule has 0 aliphatic carbocycles. The number of hydrogen-bond donors (Lipinski definition) is 1. The van der Waals surface area contributed by atoms with Gasteiger partial charge in [-0.15, -0.1) is 0 Å². The van der Waals surface area contributed by atoms with Crippen LogP contribution in [0.3, 0.4) is 0 Å². The van der Waals surface area contributed by atoms with Crippen LogP contribution in [0.15, 0.2) is 41.0 Å². The summed E-state index contributed by atoms with van der Waals surface area (Å²) in [6.45, 7) is 1.52. The van der Waals surface area contributed by atoms with Crippen molar-refractivity contribution in [2.75, 3.05) is 34.9 Å². The fourth-order valence-corrected chi connectivity index (χ4v) is 2.40. The first-order valence-corrected chi connectivity index (χ1v) is 7.27. The number of likely N-dealkylation sites (N-methyl/N-ethyl adjacent to an activating group) is 1. The van der Waals surface area contributed by atoms with Crippen molar-refractivity contribution in [1.29, 1.82) is 0 Å². The molecule has 2 rings (SSSR count). The summed E-state index contributed by atoms with van der Waals surface area (Å²) in [6, 6.07) is 10.1. The van der Waals surface area contributed by atoms with Gasteiger partial charge in [0.25, 0.3) is 0 Å². The summed E-state index contributed by atoms with van der Waals surface area (Å²) in [6.07, 6.45) is 1.69. The number of rotatable bonds is 8. The van der Waals surface area contributed by atoms with Crippen LogP contribution in [-0.4, -0.2) is 39.8 Å². The van der Waals surface area contributed by atoms with E-state index in [0.29, 0.717) is 6.54 Å². The average Bonchev–Trinajstić information content (AvgIpc) is 3.04. The third-order valence-corrected chi connectivity index (χ3v) is 3.63. The summed E-state index contributed by atoms with van der Waals surface area (Å²) in [5.74, 6) is 2.43. The molecule has 5 nitrogen and oxygen atoms in total. The van der Waals surface area contributed by atoms with Gasteiger partial charge in [0, 0.05) is 12.6 Å². The Hall–Kier alpha value is -1.98. The Morgan fingerprint density at radius 3 is 2.50 bits per heavy atom. The highest BCUT2D eigenvalue weighted by molar-refractivity contribution is 5.43. The molecule has 0 saturated heterocycles. The lowest BCUT2D eigenvalue weighted by Gasteiger charge is -2.25. The van der Waals surface area contributed by atoms with E-state index in [0.717, 1.165) is 23.8 Å². The molecule has 1 aromatic carbocycles. The second-order valence-corrected chi connectivity index (χ2v) is 5.30. The van der Waals surface area contributed by atoms with Crippen molar-refractivity contribution in [3.63, 3.8) is 0 Å². The average molecular weight is 304 g/mol. The van der Waals surface area contributed by atoms with Crippen LogP contribution < -0.4 is 14.8 Å². The molecule has 0 bridgehead atoms. The number of benzene rings is 1. The fraction of sp³-hybridized carbons (Fsp3) is 0.412. The summed E-state index contributed by atoms with van der Waals surface area (Å²) in [5, 5.41) is 3.43. The molecule has 1 aromatic heterocycles. The summed E-state index contributed by atoms with van der Waals surface area (Å²) < 4.78 is 16.0. The Kier molecular flexibility index (Phi) is 5.86. The maximum atomic E-state index is 5.39. The first kappa shape index (κ1) is 16.4. The van der Waals surface area contributed by atoms with E-state index in [-0.39, 0.29) is 6.04 Å². The molecular weight excluding hydrogens is 280 g/mol. The molecule has 1 atom stereocenters. The van der Waals surface area contributed by atoms with Gasteiger partial charge >= 0.3 is 0 Å². The molecular formula is C17H24N2O3. The van der Waals surface area contributed by atoms with Gasteiger partial charge in [-0.2, -0.15) is 0 Å². The number of furan rings is 1. The minimum absolute atomic E-state index is 0.231. The quantitative estimate of drug-likeness (QED) is 0.812. The Morgan fingerprint density at radius 1 is 1.14 bits per heavy atom. The summed E-state index contributed by atoms with van der Waals surface area (Å²) in [5.41, 5.74) is 1.18. The van der Waals surface area contributed by atoms with Gasteiger partial charge < -0.3 is 24.1 Å². The lowest BCUT2D eigenvalue weighted by Crippen LogP contribution is -2.30. The number of hydrogen-bond acceptors (Lipinski definition) is 5. The van der Waals surface area contributed by atoms with Gasteiger partial charge in [-0.1, -0.05) is 6.07 Å². The van der Waals surface area contributed by atoms with Gasteiger partial charge in [0.15, 0.2) is 11.5 Å². The SMILES string of the molecule is COc1ccc(C(CNCc2ccco2)N(C)C)cc1OC. The highest BCUT2D eigenvalue weighted by atomic mass is 16.5. The van der Waals surface area contributed by atoms with E-state index in [9.17, 15) is 0 Å². The van der Waals surface area contributed by atoms with Crippen LogP contribution in [-0.2, 0) is 6.54 Å². The van der Waals surface area contributed by atoms with E-state index >= 15 is 0 Å². The van der Waals surface area contributed by atoms with E-state index in [1.165, 1.54) is 5.56 Å². The molecule has 0 aliphatic rings. The van der Waals surface area contributed by atoms with Crippen LogP contribution >= 0.6 is 0 Å². The summed E-state index contributed by atoms with van der Waals surface area (Å²) in [4.78, 5) is 2.18. The zero-order chi connectivity index (χ0) is 15.9. The minimum atomic E-state index is 0.231. The molecule has 120 valence electrons. The second kappa shape index (κ2) is 7.87. The Labute approximate surface area is 131 Å². The van der Waals surface area contributed by atoms with Gasteiger partial charge in [-0.25, -0.2) is 0 Å². The molecule has 0 spiro atoms. The Balaban J connectivity index is 2.06. The number of methoxy groups -OCH3 is 2. The van der Waals surface area contributed by atoms with Crippen molar-refractivity contribution in [1.82, 2.24) is 10.2 Å². The predicted molar refractivity (Wildman–Crippen MR) is 86.4 cm³/mol. The summed E-state index contributed by atoms with van der Waals surface area (Å²) in [7, 11) is 7.43. The van der Waals surface area contributed by atoms with Crippen LogP contribution in [0, 0.1) is 0 Å². The van der Waals surface area contributed by atoms with Crippen molar-refractivity contribution in [2.45, 2.75) is 12.6 Å². The van der Waals surface area contributed by atoms with Gasteiger partial charge in [0.05, 0.1) is 27.0 Å². The van der Waals surface area contributed by atoms with Gasteiger partial charge in [-0.05, 0) is 43.9 Å². The van der Waals surface area contributed by atoms with Crippen molar-refractivity contribution in [3.8, 4) is 11.5 Å². The van der Waals surface area contributed by atoms with E-state index < -0.39 is 0 Å². The van der Waals surface area contributed by atoms with Crippen molar-refractivity contribution in [2.24, 2.45) is 0 Å². The summed E-state index contributed by atoms with van der Waals surface area (Å²) >= 11 is 0. The van der Waals surface area contributed by atoms with Gasteiger partial charge in [0.2, 0.25) is 0 Å². The van der Waals surface area contributed by atoms with Crippen molar-refractivity contribution < 1.29 is 13.9 Å². The molecule has 1 N–H and O–H groups in total. The van der Waals surface area contributed by atoms with Crippen molar-refractivity contribution in [3.05, 3.63) is 47.9 Å². The third kappa shape index (κ3) is 4.02. The highest BCUT2D eigenvalue weighted by Gasteiger charge is 2.16. The minimum Gasteiger partial charge on any atom is -0.493 e. The number of nitrogens with zero attached hydrogens (tertiary/aromatic N) is 1. The lowest BCUT2D eigenvalue weighted by atomic mass is 10.0. The number of ether oxygens (including phenoxy) is 2.